The van der Waals surface area contributed by atoms with E-state index in [0.717, 1.165) is 30.6 Å². The van der Waals surface area contributed by atoms with Crippen LogP contribution in [0, 0.1) is 0 Å². The number of rotatable bonds is 8. The zero-order chi connectivity index (χ0) is 22.2. The number of hydrogen-bond donors (Lipinski definition) is 1. The Hall–Kier alpha value is -3.78. The first-order valence-electron chi connectivity index (χ1n) is 11.2. The van der Waals surface area contributed by atoms with Gasteiger partial charge in [0.2, 0.25) is 0 Å². The van der Waals surface area contributed by atoms with Crippen molar-refractivity contribution < 1.29 is 0 Å². The molecule has 0 saturated heterocycles. The van der Waals surface area contributed by atoms with E-state index in [1.807, 2.05) is 18.2 Å². The van der Waals surface area contributed by atoms with Crippen molar-refractivity contribution in [2.24, 2.45) is 0 Å². The van der Waals surface area contributed by atoms with Crippen LogP contribution in [0.25, 0.3) is 11.1 Å². The highest BCUT2D eigenvalue weighted by Crippen LogP contribution is 2.30. The van der Waals surface area contributed by atoms with Crippen molar-refractivity contribution in [2.45, 2.75) is 19.3 Å². The number of hydrogen-bond acceptors (Lipinski definition) is 2. The standard InChI is InChI=1S/C30H30N2/c1-3-4-6-14-25-15-9-10-18-30(25)32(2)29-21-19-27(20-22-29)31-28-17-11-16-26(23-28)24-12-7-5-8-13-24/h3-9,11-13,15-17,19-23,31H,1,10,14,18H2,2H3/b6-4-. The Balaban J connectivity index is 1.49. The summed E-state index contributed by atoms with van der Waals surface area (Å²) in [6, 6.07) is 27.7. The summed E-state index contributed by atoms with van der Waals surface area (Å²) in [5.41, 5.74) is 8.56. The van der Waals surface area contributed by atoms with Gasteiger partial charge in [-0.05, 0) is 72.4 Å². The van der Waals surface area contributed by atoms with E-state index >= 15 is 0 Å². The largest absolute Gasteiger partial charge is 0.356 e. The summed E-state index contributed by atoms with van der Waals surface area (Å²) in [4.78, 5) is 2.32. The molecule has 0 aliphatic heterocycles. The van der Waals surface area contributed by atoms with Crippen LogP contribution in [-0.2, 0) is 0 Å². The molecule has 0 radical (unpaired) electrons. The molecule has 32 heavy (non-hydrogen) atoms. The lowest BCUT2D eigenvalue weighted by atomic mass is 9.99. The van der Waals surface area contributed by atoms with Crippen molar-refractivity contribution in [1.82, 2.24) is 0 Å². The number of allylic oxidation sites excluding steroid dienone is 7. The van der Waals surface area contributed by atoms with E-state index in [-0.39, 0.29) is 0 Å². The van der Waals surface area contributed by atoms with E-state index in [1.54, 1.807) is 0 Å². The maximum atomic E-state index is 3.77. The molecule has 0 fully saturated rings. The molecule has 0 saturated carbocycles. The molecule has 160 valence electrons. The topological polar surface area (TPSA) is 15.3 Å². The molecule has 0 atom stereocenters. The molecule has 0 amide bonds. The minimum Gasteiger partial charge on any atom is -0.356 e. The normalized spacial score (nSPS) is 13.4. The molecule has 0 heterocycles. The molecule has 1 aliphatic carbocycles. The van der Waals surface area contributed by atoms with E-state index in [2.05, 4.69) is 115 Å². The Labute approximate surface area is 191 Å². The Bertz CT molecular complexity index is 1130. The van der Waals surface area contributed by atoms with Gasteiger partial charge in [0.15, 0.2) is 0 Å². The van der Waals surface area contributed by atoms with Crippen molar-refractivity contribution in [2.75, 3.05) is 17.3 Å². The molecule has 2 heteroatoms. The molecule has 1 aliphatic rings. The van der Waals surface area contributed by atoms with Gasteiger partial charge in [0.25, 0.3) is 0 Å². The van der Waals surface area contributed by atoms with Gasteiger partial charge in [-0.2, -0.15) is 0 Å². The third kappa shape index (κ3) is 5.28. The molecule has 0 unspecified atom stereocenters. The Kier molecular flexibility index (Phi) is 7.04. The highest BCUT2D eigenvalue weighted by molar-refractivity contribution is 5.71. The van der Waals surface area contributed by atoms with Crippen LogP contribution in [-0.4, -0.2) is 7.05 Å². The van der Waals surface area contributed by atoms with Gasteiger partial charge >= 0.3 is 0 Å². The number of benzene rings is 3. The van der Waals surface area contributed by atoms with Gasteiger partial charge in [-0.25, -0.2) is 0 Å². The van der Waals surface area contributed by atoms with Gasteiger partial charge in [0.1, 0.15) is 0 Å². The van der Waals surface area contributed by atoms with Crippen LogP contribution in [0.2, 0.25) is 0 Å². The maximum Gasteiger partial charge on any atom is 0.0407 e. The van der Waals surface area contributed by atoms with Crippen molar-refractivity contribution in [3.8, 4) is 11.1 Å². The Morgan fingerprint density at radius 1 is 0.906 bits per heavy atom. The lowest BCUT2D eigenvalue weighted by molar-refractivity contribution is 0.866. The first-order valence-corrected chi connectivity index (χ1v) is 11.2. The van der Waals surface area contributed by atoms with Gasteiger partial charge in [0.05, 0.1) is 0 Å². The highest BCUT2D eigenvalue weighted by atomic mass is 15.1. The molecular formula is C30H30N2. The van der Waals surface area contributed by atoms with Gasteiger partial charge < -0.3 is 10.2 Å². The van der Waals surface area contributed by atoms with Crippen molar-refractivity contribution in [3.63, 3.8) is 0 Å². The maximum absolute atomic E-state index is 3.77. The summed E-state index contributed by atoms with van der Waals surface area (Å²) < 4.78 is 0. The van der Waals surface area contributed by atoms with Crippen LogP contribution >= 0.6 is 0 Å². The van der Waals surface area contributed by atoms with Gasteiger partial charge in [-0.1, -0.05) is 79.4 Å². The smallest absolute Gasteiger partial charge is 0.0407 e. The van der Waals surface area contributed by atoms with Crippen LogP contribution in [0.4, 0.5) is 17.1 Å². The van der Waals surface area contributed by atoms with Crippen LogP contribution in [0.1, 0.15) is 19.3 Å². The number of anilines is 3. The minimum absolute atomic E-state index is 0.930. The first-order chi connectivity index (χ1) is 15.7. The Morgan fingerprint density at radius 2 is 1.69 bits per heavy atom. The zero-order valence-electron chi connectivity index (χ0n) is 18.7. The predicted molar refractivity (Wildman–Crippen MR) is 139 cm³/mol. The average molecular weight is 419 g/mol. The summed E-state index contributed by atoms with van der Waals surface area (Å²) in [7, 11) is 2.16. The van der Waals surface area contributed by atoms with Crippen LogP contribution in [0.5, 0.6) is 0 Å². The SMILES string of the molecule is C=C/C=C\CC1=C(N(C)c2ccc(Nc3cccc(-c4ccccc4)c3)cc2)CCC=C1. The third-order valence-corrected chi connectivity index (χ3v) is 5.77. The molecule has 1 N–H and O–H groups in total. The molecule has 4 rings (SSSR count). The van der Waals surface area contributed by atoms with Crippen LogP contribution in [0.15, 0.2) is 127 Å². The van der Waals surface area contributed by atoms with E-state index in [9.17, 15) is 0 Å². The lowest BCUT2D eigenvalue weighted by Crippen LogP contribution is -2.19. The van der Waals surface area contributed by atoms with E-state index in [4.69, 9.17) is 0 Å². The van der Waals surface area contributed by atoms with Crippen molar-refractivity contribution >= 4 is 17.1 Å². The first kappa shape index (κ1) is 21.5. The lowest BCUT2D eigenvalue weighted by Gasteiger charge is -2.27. The highest BCUT2D eigenvalue weighted by Gasteiger charge is 2.13. The summed E-state index contributed by atoms with van der Waals surface area (Å²) >= 11 is 0. The second-order valence-electron chi connectivity index (χ2n) is 7.96. The van der Waals surface area contributed by atoms with Gasteiger partial charge in [0, 0.05) is 29.8 Å². The third-order valence-electron chi connectivity index (χ3n) is 5.77. The molecule has 0 bridgehead atoms. The van der Waals surface area contributed by atoms with Gasteiger partial charge in [-0.3, -0.25) is 0 Å². The summed E-state index contributed by atoms with van der Waals surface area (Å²) in [6.07, 6.45) is 13.6. The molecule has 3 aromatic rings. The second-order valence-corrected chi connectivity index (χ2v) is 7.96. The monoisotopic (exact) mass is 418 g/mol. The van der Waals surface area contributed by atoms with Crippen molar-refractivity contribution in [3.05, 3.63) is 127 Å². The summed E-state index contributed by atoms with van der Waals surface area (Å²) in [5.74, 6) is 0. The summed E-state index contributed by atoms with van der Waals surface area (Å²) in [5, 5.41) is 3.54. The molecule has 0 spiro atoms. The number of nitrogens with one attached hydrogen (secondary N) is 1. The fraction of sp³-hybridized carbons (Fsp3) is 0.133. The summed E-state index contributed by atoms with van der Waals surface area (Å²) in [6.45, 7) is 3.77. The average Bonchev–Trinajstić information content (AvgIpc) is 2.85. The second kappa shape index (κ2) is 10.5. The van der Waals surface area contributed by atoms with Crippen molar-refractivity contribution in [1.29, 1.82) is 0 Å². The molecule has 3 aromatic carbocycles. The fourth-order valence-electron chi connectivity index (χ4n) is 4.06. The Morgan fingerprint density at radius 3 is 2.47 bits per heavy atom. The van der Waals surface area contributed by atoms with Crippen LogP contribution in [0.3, 0.4) is 0 Å². The molecule has 2 nitrogen and oxygen atoms in total. The van der Waals surface area contributed by atoms with Crippen LogP contribution < -0.4 is 10.2 Å². The number of nitrogens with zero attached hydrogens (tertiary/aromatic N) is 1. The fourth-order valence-corrected chi connectivity index (χ4v) is 4.06. The zero-order valence-corrected chi connectivity index (χ0v) is 18.7. The minimum atomic E-state index is 0.930. The predicted octanol–water partition coefficient (Wildman–Crippen LogP) is 8.27. The molecule has 0 aromatic heterocycles. The van der Waals surface area contributed by atoms with E-state index in [0.29, 0.717) is 0 Å². The van der Waals surface area contributed by atoms with Gasteiger partial charge in [-0.15, -0.1) is 0 Å². The van der Waals surface area contributed by atoms with E-state index in [1.165, 1.54) is 28.1 Å². The van der Waals surface area contributed by atoms with E-state index < -0.39 is 0 Å². The molecular weight excluding hydrogens is 388 g/mol. The quantitative estimate of drug-likeness (QED) is 0.370.